The lowest BCUT2D eigenvalue weighted by Gasteiger charge is -2.11. The molecule has 0 bridgehead atoms. The number of hydrogen-bond donors (Lipinski definition) is 1. The van der Waals surface area contributed by atoms with Crippen molar-refractivity contribution in [2.45, 2.75) is 32.2 Å². The van der Waals surface area contributed by atoms with E-state index in [1.54, 1.807) is 0 Å². The van der Waals surface area contributed by atoms with E-state index in [-0.39, 0.29) is 12.5 Å². The maximum atomic E-state index is 12.1. The number of carbonyl (C=O) groups excluding carboxylic acids is 2. The van der Waals surface area contributed by atoms with Gasteiger partial charge in [-0.25, -0.2) is 9.48 Å². The van der Waals surface area contributed by atoms with Crippen LogP contribution >= 0.6 is 11.3 Å². The lowest BCUT2D eigenvalue weighted by atomic mass is 9.95. The van der Waals surface area contributed by atoms with Gasteiger partial charge in [-0.15, -0.1) is 16.4 Å². The molecule has 0 saturated heterocycles. The Morgan fingerprint density at radius 2 is 2.23 bits per heavy atom. The van der Waals surface area contributed by atoms with Gasteiger partial charge in [0.05, 0.1) is 12.7 Å². The first kappa shape index (κ1) is 14.6. The van der Waals surface area contributed by atoms with E-state index in [1.165, 1.54) is 29.5 Å². The van der Waals surface area contributed by atoms with E-state index in [1.807, 2.05) is 0 Å². The Kier molecular flexibility index (Phi) is 4.14. The zero-order valence-corrected chi connectivity index (χ0v) is 12.9. The van der Waals surface area contributed by atoms with Crippen molar-refractivity contribution in [2.75, 3.05) is 12.4 Å². The van der Waals surface area contributed by atoms with E-state index in [9.17, 15) is 9.59 Å². The van der Waals surface area contributed by atoms with Gasteiger partial charge in [0, 0.05) is 4.88 Å². The number of carbonyl (C=O) groups is 2. The summed E-state index contributed by atoms with van der Waals surface area (Å²) >= 11 is 1.45. The number of methoxy groups -OCH3 is 1. The molecule has 22 heavy (non-hydrogen) atoms. The van der Waals surface area contributed by atoms with Gasteiger partial charge < -0.3 is 10.1 Å². The molecule has 0 saturated carbocycles. The lowest BCUT2D eigenvalue weighted by molar-refractivity contribution is -0.116. The van der Waals surface area contributed by atoms with Crippen LogP contribution in [-0.4, -0.2) is 39.2 Å². The fourth-order valence-electron chi connectivity index (χ4n) is 2.54. The van der Waals surface area contributed by atoms with Gasteiger partial charge in [-0.05, 0) is 41.7 Å². The van der Waals surface area contributed by atoms with Gasteiger partial charge in [0.15, 0.2) is 0 Å². The average molecular weight is 321 g/mol. The van der Waals surface area contributed by atoms with Crippen molar-refractivity contribution in [3.63, 3.8) is 0 Å². The molecule has 0 aromatic carbocycles. The van der Waals surface area contributed by atoms with Crippen LogP contribution in [0.25, 0.3) is 0 Å². The number of nitrogens with zero attached hydrogens (tertiary/aromatic N) is 4. The Morgan fingerprint density at radius 1 is 1.41 bits per heavy atom. The molecule has 0 unspecified atom stereocenters. The SMILES string of the molecule is COC(=O)c1c(NC(=O)Cn2cnnn2)sc2c1CCCC2. The number of aromatic nitrogens is 4. The van der Waals surface area contributed by atoms with Crippen LogP contribution in [0.2, 0.25) is 0 Å². The number of hydrogen-bond acceptors (Lipinski definition) is 7. The van der Waals surface area contributed by atoms with Crippen molar-refractivity contribution < 1.29 is 14.3 Å². The number of aryl methyl sites for hydroxylation is 1. The first-order chi connectivity index (χ1) is 10.7. The molecule has 2 aromatic rings. The van der Waals surface area contributed by atoms with Crippen molar-refractivity contribution in [3.8, 4) is 0 Å². The molecule has 0 atom stereocenters. The third kappa shape index (κ3) is 2.84. The Hall–Kier alpha value is -2.29. The number of amides is 1. The summed E-state index contributed by atoms with van der Waals surface area (Å²) < 4.78 is 6.19. The monoisotopic (exact) mass is 321 g/mol. The Bertz CT molecular complexity index is 695. The highest BCUT2D eigenvalue weighted by atomic mass is 32.1. The van der Waals surface area contributed by atoms with Crippen LogP contribution in [0.1, 0.15) is 33.6 Å². The second-order valence-electron chi connectivity index (χ2n) is 4.96. The quantitative estimate of drug-likeness (QED) is 0.845. The summed E-state index contributed by atoms with van der Waals surface area (Å²) in [7, 11) is 1.35. The van der Waals surface area contributed by atoms with E-state index < -0.39 is 5.97 Å². The maximum Gasteiger partial charge on any atom is 0.341 e. The van der Waals surface area contributed by atoms with E-state index in [2.05, 4.69) is 20.8 Å². The van der Waals surface area contributed by atoms with Gasteiger partial charge in [-0.1, -0.05) is 0 Å². The molecule has 0 fully saturated rings. The molecule has 2 aromatic heterocycles. The van der Waals surface area contributed by atoms with Crippen molar-refractivity contribution in [1.29, 1.82) is 0 Å². The average Bonchev–Trinajstić information content (AvgIpc) is 3.13. The van der Waals surface area contributed by atoms with E-state index in [0.717, 1.165) is 36.1 Å². The maximum absolute atomic E-state index is 12.1. The van der Waals surface area contributed by atoms with Gasteiger partial charge in [0.2, 0.25) is 5.91 Å². The third-order valence-corrected chi connectivity index (χ3v) is 4.72. The van der Waals surface area contributed by atoms with Crippen LogP contribution in [0.3, 0.4) is 0 Å². The molecule has 0 aliphatic heterocycles. The standard InChI is InChI=1S/C13H15N5O3S/c1-21-13(20)11-8-4-2-3-5-9(8)22-12(11)15-10(19)6-18-7-14-16-17-18/h7H,2-6H2,1H3,(H,15,19). The smallest absolute Gasteiger partial charge is 0.341 e. The molecule has 8 nitrogen and oxygen atoms in total. The van der Waals surface area contributed by atoms with E-state index in [0.29, 0.717) is 10.6 Å². The minimum Gasteiger partial charge on any atom is -0.465 e. The minimum atomic E-state index is -0.405. The Labute approximate surface area is 130 Å². The van der Waals surface area contributed by atoms with E-state index in [4.69, 9.17) is 4.74 Å². The highest BCUT2D eigenvalue weighted by molar-refractivity contribution is 7.17. The fraction of sp³-hybridized carbons (Fsp3) is 0.462. The molecule has 3 rings (SSSR count). The third-order valence-electron chi connectivity index (χ3n) is 3.51. The molecule has 116 valence electrons. The number of anilines is 1. The Balaban J connectivity index is 1.84. The second kappa shape index (κ2) is 6.22. The van der Waals surface area contributed by atoms with Crippen LogP contribution in [0.5, 0.6) is 0 Å². The summed E-state index contributed by atoms with van der Waals surface area (Å²) in [5.74, 6) is -0.687. The van der Waals surface area contributed by atoms with Crippen molar-refractivity contribution in [2.24, 2.45) is 0 Å². The molecule has 1 N–H and O–H groups in total. The summed E-state index contributed by atoms with van der Waals surface area (Å²) in [6, 6.07) is 0. The summed E-state index contributed by atoms with van der Waals surface area (Å²) in [4.78, 5) is 25.3. The first-order valence-corrected chi connectivity index (χ1v) is 7.74. The number of fused-ring (bicyclic) bond motifs is 1. The van der Waals surface area contributed by atoms with Crippen LogP contribution < -0.4 is 5.32 Å². The number of ether oxygens (including phenoxy) is 1. The topological polar surface area (TPSA) is 99.0 Å². The van der Waals surface area contributed by atoms with Crippen LogP contribution in [0, 0.1) is 0 Å². The summed E-state index contributed by atoms with van der Waals surface area (Å²) in [6.45, 7) is -0.00379. The first-order valence-electron chi connectivity index (χ1n) is 6.92. The number of nitrogens with one attached hydrogen (secondary N) is 1. The van der Waals surface area contributed by atoms with Gasteiger partial charge in [-0.3, -0.25) is 4.79 Å². The number of rotatable bonds is 4. The molecule has 2 heterocycles. The number of thiophene rings is 1. The largest absolute Gasteiger partial charge is 0.465 e. The zero-order chi connectivity index (χ0) is 15.5. The predicted molar refractivity (Wildman–Crippen MR) is 78.7 cm³/mol. The molecule has 1 aliphatic rings. The fourth-order valence-corrected chi connectivity index (χ4v) is 3.83. The summed E-state index contributed by atoms with van der Waals surface area (Å²) in [6.07, 6.45) is 5.30. The zero-order valence-electron chi connectivity index (χ0n) is 12.0. The molecule has 1 aliphatic carbocycles. The molecule has 0 spiro atoms. The van der Waals surface area contributed by atoms with Gasteiger partial charge in [0.1, 0.15) is 17.9 Å². The summed E-state index contributed by atoms with van der Waals surface area (Å²) in [5.41, 5.74) is 1.51. The predicted octanol–water partition coefficient (Wildman–Crippen LogP) is 1.04. The normalized spacial score (nSPS) is 13.5. The number of tetrazole rings is 1. The van der Waals surface area contributed by atoms with Gasteiger partial charge in [-0.2, -0.15) is 0 Å². The van der Waals surface area contributed by atoms with Crippen molar-refractivity contribution in [3.05, 3.63) is 22.3 Å². The summed E-state index contributed by atoms with van der Waals surface area (Å²) in [5, 5.41) is 13.9. The molecule has 0 radical (unpaired) electrons. The number of esters is 1. The highest BCUT2D eigenvalue weighted by Crippen LogP contribution is 2.38. The minimum absolute atomic E-state index is 0.00379. The molecule has 9 heteroatoms. The Morgan fingerprint density at radius 3 is 2.95 bits per heavy atom. The van der Waals surface area contributed by atoms with Gasteiger partial charge >= 0.3 is 5.97 Å². The van der Waals surface area contributed by atoms with Gasteiger partial charge in [0.25, 0.3) is 0 Å². The highest BCUT2D eigenvalue weighted by Gasteiger charge is 2.26. The van der Waals surface area contributed by atoms with Crippen molar-refractivity contribution >= 4 is 28.2 Å². The van der Waals surface area contributed by atoms with Crippen molar-refractivity contribution in [1.82, 2.24) is 20.2 Å². The lowest BCUT2D eigenvalue weighted by Crippen LogP contribution is -2.20. The molecular weight excluding hydrogens is 306 g/mol. The molecular formula is C13H15N5O3S. The van der Waals surface area contributed by atoms with Crippen LogP contribution in [0.15, 0.2) is 6.33 Å². The van der Waals surface area contributed by atoms with E-state index >= 15 is 0 Å². The van der Waals surface area contributed by atoms with Crippen LogP contribution in [0.4, 0.5) is 5.00 Å². The molecule has 1 amide bonds. The second-order valence-corrected chi connectivity index (χ2v) is 6.07. The van der Waals surface area contributed by atoms with Crippen LogP contribution in [-0.2, 0) is 28.9 Å².